The quantitative estimate of drug-likeness (QED) is 0.0195. The molecule has 75 heavy (non-hydrogen) atoms. The number of esters is 1. The SMILES string of the molecule is CCCCC/C=C\C/C=C\C/C=C\CCCCCCCCCCC(=O)OC1C(OCC(NC(=O)C(O)CCCC/C=C\CCCCCCCC)C(O)/C=C/CCCCCCCCCCCCC)OC(CO)C(O)C1O. The molecule has 8 atom stereocenters. The third kappa shape index (κ3) is 40.2. The molecule has 0 aromatic carbocycles. The Labute approximate surface area is 458 Å². The van der Waals surface area contributed by atoms with Crippen molar-refractivity contribution in [3.05, 3.63) is 60.8 Å². The lowest BCUT2D eigenvalue weighted by atomic mass is 9.99. The highest BCUT2D eigenvalue weighted by atomic mass is 16.7. The molecule has 1 aliphatic rings. The highest BCUT2D eigenvalue weighted by Gasteiger charge is 2.47. The first kappa shape index (κ1) is 70.4. The summed E-state index contributed by atoms with van der Waals surface area (Å²) in [6.45, 7) is 5.74. The maximum Gasteiger partial charge on any atom is 0.306 e. The topological polar surface area (TPSA) is 175 Å². The van der Waals surface area contributed by atoms with Crippen molar-refractivity contribution in [2.45, 2.75) is 320 Å². The minimum atomic E-state index is -1.62. The van der Waals surface area contributed by atoms with E-state index in [1.54, 1.807) is 6.08 Å². The van der Waals surface area contributed by atoms with E-state index in [-0.39, 0.29) is 19.4 Å². The van der Waals surface area contributed by atoms with Crippen LogP contribution in [0, 0.1) is 0 Å². The number of allylic oxidation sites excluding steroid dienone is 9. The lowest BCUT2D eigenvalue weighted by molar-refractivity contribution is -0.305. The van der Waals surface area contributed by atoms with Crippen LogP contribution in [0.15, 0.2) is 60.8 Å². The second-order valence-corrected chi connectivity index (χ2v) is 21.4. The van der Waals surface area contributed by atoms with Crippen LogP contribution in [0.4, 0.5) is 0 Å². The molecule has 0 bridgehead atoms. The Morgan fingerprint density at radius 1 is 0.520 bits per heavy atom. The van der Waals surface area contributed by atoms with Gasteiger partial charge in [-0.3, -0.25) is 9.59 Å². The van der Waals surface area contributed by atoms with Gasteiger partial charge in [-0.25, -0.2) is 0 Å². The van der Waals surface area contributed by atoms with E-state index < -0.39 is 67.4 Å². The molecule has 0 radical (unpaired) electrons. The molecule has 436 valence electrons. The van der Waals surface area contributed by atoms with Crippen LogP contribution in [0.1, 0.15) is 271 Å². The minimum absolute atomic E-state index is 0.113. The zero-order valence-corrected chi connectivity index (χ0v) is 48.2. The van der Waals surface area contributed by atoms with Crippen LogP contribution >= 0.6 is 0 Å². The fourth-order valence-corrected chi connectivity index (χ4v) is 9.42. The van der Waals surface area contributed by atoms with Crippen LogP contribution in [0.3, 0.4) is 0 Å². The lowest BCUT2D eigenvalue weighted by Crippen LogP contribution is -2.61. The van der Waals surface area contributed by atoms with Gasteiger partial charge in [0.1, 0.15) is 24.4 Å². The second-order valence-electron chi connectivity index (χ2n) is 21.4. The van der Waals surface area contributed by atoms with Crippen LogP contribution in [-0.2, 0) is 23.8 Å². The Morgan fingerprint density at radius 2 is 0.920 bits per heavy atom. The molecule has 1 heterocycles. The van der Waals surface area contributed by atoms with E-state index in [0.717, 1.165) is 83.5 Å². The summed E-state index contributed by atoms with van der Waals surface area (Å²) in [6, 6.07) is -1.03. The molecule has 1 amide bonds. The maximum absolute atomic E-state index is 13.4. The maximum atomic E-state index is 13.4. The van der Waals surface area contributed by atoms with E-state index in [4.69, 9.17) is 14.2 Å². The van der Waals surface area contributed by atoms with E-state index in [1.807, 2.05) is 6.08 Å². The molecule has 11 nitrogen and oxygen atoms in total. The molecule has 1 aliphatic heterocycles. The van der Waals surface area contributed by atoms with E-state index in [1.165, 1.54) is 141 Å². The summed E-state index contributed by atoms with van der Waals surface area (Å²) in [5.74, 6) is -1.22. The molecule has 0 saturated carbocycles. The standard InChI is InChI=1S/C64H115NO10/c1-4-7-10-13-16-19-22-25-26-27-28-29-30-31-32-34-37-40-43-46-49-52-59(69)75-62-61(71)60(70)58(53-66)74-64(62)73-54-55(56(67)50-47-44-41-38-36-33-23-20-17-14-11-8-5-2)65-63(72)57(68)51-48-45-42-39-35-24-21-18-15-12-9-6-3/h16,19,25-26,28-29,35,39,47,50,55-58,60-62,64,66-68,70-71H,4-15,17-18,20-24,27,30-34,36-38,40-46,48-49,51-54H2,1-3H3,(H,65,72)/b19-16-,26-25-,29-28-,39-35-,50-47+. The number of hydrogen-bond donors (Lipinski definition) is 6. The fraction of sp³-hybridized carbons (Fsp3) is 0.812. The van der Waals surface area contributed by atoms with Gasteiger partial charge in [0.25, 0.3) is 0 Å². The van der Waals surface area contributed by atoms with Crippen LogP contribution in [0.2, 0.25) is 0 Å². The molecule has 6 N–H and O–H groups in total. The molecule has 11 heteroatoms. The van der Waals surface area contributed by atoms with Crippen LogP contribution in [0.25, 0.3) is 0 Å². The number of carbonyl (C=O) groups excluding carboxylic acids is 2. The van der Waals surface area contributed by atoms with Crippen molar-refractivity contribution in [1.29, 1.82) is 0 Å². The van der Waals surface area contributed by atoms with Gasteiger partial charge in [0.2, 0.25) is 5.91 Å². The van der Waals surface area contributed by atoms with Crippen molar-refractivity contribution in [2.75, 3.05) is 13.2 Å². The Kier molecular flexibility index (Phi) is 48.9. The summed E-state index contributed by atoms with van der Waals surface area (Å²) in [4.78, 5) is 26.5. The van der Waals surface area contributed by atoms with Gasteiger partial charge in [-0.2, -0.15) is 0 Å². The van der Waals surface area contributed by atoms with Gasteiger partial charge in [0.05, 0.1) is 25.4 Å². The Bertz CT molecular complexity index is 1450. The predicted octanol–water partition coefficient (Wildman–Crippen LogP) is 14.6. The number of nitrogens with one attached hydrogen (secondary N) is 1. The fourth-order valence-electron chi connectivity index (χ4n) is 9.42. The number of unbranched alkanes of at least 4 members (excludes halogenated alkanes) is 30. The number of aliphatic hydroxyl groups excluding tert-OH is 5. The first-order valence-electron chi connectivity index (χ1n) is 31.1. The summed E-state index contributed by atoms with van der Waals surface area (Å²) in [6.07, 6.45) is 54.0. The average molecular weight is 1060 g/mol. The number of ether oxygens (including phenoxy) is 3. The van der Waals surface area contributed by atoms with Crippen molar-refractivity contribution in [3.63, 3.8) is 0 Å². The summed E-state index contributed by atoms with van der Waals surface area (Å²) >= 11 is 0. The van der Waals surface area contributed by atoms with Crippen LogP contribution in [0.5, 0.6) is 0 Å². The van der Waals surface area contributed by atoms with Crippen molar-refractivity contribution >= 4 is 11.9 Å². The Morgan fingerprint density at radius 3 is 1.41 bits per heavy atom. The zero-order chi connectivity index (χ0) is 54.7. The van der Waals surface area contributed by atoms with E-state index >= 15 is 0 Å². The Balaban J connectivity index is 2.67. The molecular formula is C64H115NO10. The minimum Gasteiger partial charge on any atom is -0.454 e. The highest BCUT2D eigenvalue weighted by molar-refractivity contribution is 5.80. The third-order valence-corrected chi connectivity index (χ3v) is 14.4. The van der Waals surface area contributed by atoms with Gasteiger partial charge < -0.3 is 45.1 Å². The molecule has 0 aliphatic carbocycles. The number of rotatable bonds is 52. The number of carbonyl (C=O) groups is 2. The van der Waals surface area contributed by atoms with Gasteiger partial charge in [-0.05, 0) is 89.9 Å². The molecule has 8 unspecified atom stereocenters. The van der Waals surface area contributed by atoms with Gasteiger partial charge in [0, 0.05) is 6.42 Å². The smallest absolute Gasteiger partial charge is 0.306 e. The second kappa shape index (κ2) is 52.1. The summed E-state index contributed by atoms with van der Waals surface area (Å²) in [7, 11) is 0. The van der Waals surface area contributed by atoms with Gasteiger partial charge in [0.15, 0.2) is 12.4 Å². The van der Waals surface area contributed by atoms with Crippen molar-refractivity contribution in [2.24, 2.45) is 0 Å². The lowest BCUT2D eigenvalue weighted by Gasteiger charge is -2.41. The number of amides is 1. The van der Waals surface area contributed by atoms with Crippen molar-refractivity contribution < 1.29 is 49.3 Å². The molecule has 1 saturated heterocycles. The van der Waals surface area contributed by atoms with Gasteiger partial charge >= 0.3 is 5.97 Å². The summed E-state index contributed by atoms with van der Waals surface area (Å²) in [5.41, 5.74) is 0. The van der Waals surface area contributed by atoms with Crippen molar-refractivity contribution in [1.82, 2.24) is 5.32 Å². The predicted molar refractivity (Wildman–Crippen MR) is 310 cm³/mol. The molecule has 1 fully saturated rings. The normalized spacial score (nSPS) is 19.6. The third-order valence-electron chi connectivity index (χ3n) is 14.4. The van der Waals surface area contributed by atoms with Crippen molar-refractivity contribution in [3.8, 4) is 0 Å². The number of aliphatic hydroxyl groups is 5. The van der Waals surface area contributed by atoms with E-state index in [9.17, 15) is 35.1 Å². The molecule has 1 rings (SSSR count). The Hall–Kier alpha value is -2.64. The largest absolute Gasteiger partial charge is 0.454 e. The van der Waals surface area contributed by atoms with Crippen LogP contribution < -0.4 is 5.32 Å². The van der Waals surface area contributed by atoms with Crippen LogP contribution in [-0.4, -0.2) is 99.6 Å². The van der Waals surface area contributed by atoms with E-state index in [0.29, 0.717) is 12.8 Å². The monoisotopic (exact) mass is 1060 g/mol. The summed E-state index contributed by atoms with van der Waals surface area (Å²) in [5, 5.41) is 56.9. The average Bonchev–Trinajstić information content (AvgIpc) is 3.41. The first-order valence-corrected chi connectivity index (χ1v) is 31.1. The zero-order valence-electron chi connectivity index (χ0n) is 48.2. The first-order chi connectivity index (χ1) is 36.7. The molecular weight excluding hydrogens is 943 g/mol. The number of hydrogen-bond acceptors (Lipinski definition) is 10. The highest BCUT2D eigenvalue weighted by Crippen LogP contribution is 2.26. The molecule has 0 aromatic heterocycles. The van der Waals surface area contributed by atoms with E-state index in [2.05, 4.69) is 74.7 Å². The molecule has 0 aromatic rings. The summed E-state index contributed by atoms with van der Waals surface area (Å²) < 4.78 is 17.6. The van der Waals surface area contributed by atoms with Gasteiger partial charge in [-0.1, -0.05) is 236 Å². The van der Waals surface area contributed by atoms with Gasteiger partial charge in [-0.15, -0.1) is 0 Å². The molecule has 0 spiro atoms.